The van der Waals surface area contributed by atoms with Gasteiger partial charge >= 0.3 is 7.60 Å². The standard InChI is InChI=1S/C18H34NO3P/c1-15(2)9-7-10-16(3)11-8-12-17(4)13-18(19)14-23(20,21-5)22-6/h9,11,13,18H,7-8,10,12,14,19H2,1-6H3/b16-11+,17-13+. The highest BCUT2D eigenvalue weighted by atomic mass is 31.2. The third-order valence-electron chi connectivity index (χ3n) is 3.61. The van der Waals surface area contributed by atoms with Crippen LogP contribution in [-0.4, -0.2) is 26.4 Å². The lowest BCUT2D eigenvalue weighted by Crippen LogP contribution is -2.23. The third kappa shape index (κ3) is 11.5. The summed E-state index contributed by atoms with van der Waals surface area (Å²) in [5.74, 6) is 0. The van der Waals surface area contributed by atoms with Crippen LogP contribution in [0.15, 0.2) is 34.9 Å². The molecule has 0 amide bonds. The van der Waals surface area contributed by atoms with Crippen LogP contribution in [0.25, 0.3) is 0 Å². The summed E-state index contributed by atoms with van der Waals surface area (Å²) in [5.41, 5.74) is 10.00. The maximum absolute atomic E-state index is 12.0. The van der Waals surface area contributed by atoms with Crippen LogP contribution < -0.4 is 5.73 Å². The van der Waals surface area contributed by atoms with E-state index < -0.39 is 7.60 Å². The predicted molar refractivity (Wildman–Crippen MR) is 99.9 cm³/mol. The molecule has 23 heavy (non-hydrogen) atoms. The van der Waals surface area contributed by atoms with E-state index in [1.54, 1.807) is 0 Å². The molecular weight excluding hydrogens is 309 g/mol. The van der Waals surface area contributed by atoms with Gasteiger partial charge in [-0.25, -0.2) is 0 Å². The van der Waals surface area contributed by atoms with Gasteiger partial charge < -0.3 is 14.8 Å². The number of nitrogens with two attached hydrogens (primary N) is 1. The molecule has 0 bridgehead atoms. The summed E-state index contributed by atoms with van der Waals surface area (Å²) in [6.45, 7) is 8.48. The fourth-order valence-corrected chi connectivity index (χ4v) is 3.29. The summed E-state index contributed by atoms with van der Waals surface area (Å²) in [4.78, 5) is 0. The Balaban J connectivity index is 4.29. The smallest absolute Gasteiger partial charge is 0.324 e. The first kappa shape index (κ1) is 22.3. The van der Waals surface area contributed by atoms with Crippen molar-refractivity contribution in [3.05, 3.63) is 34.9 Å². The van der Waals surface area contributed by atoms with Gasteiger partial charge in [-0.3, -0.25) is 4.57 Å². The van der Waals surface area contributed by atoms with Gasteiger partial charge in [0, 0.05) is 20.3 Å². The minimum Gasteiger partial charge on any atom is -0.324 e. The van der Waals surface area contributed by atoms with Gasteiger partial charge in [0.25, 0.3) is 0 Å². The Morgan fingerprint density at radius 2 is 1.52 bits per heavy atom. The van der Waals surface area contributed by atoms with E-state index in [0.717, 1.165) is 25.7 Å². The maximum Gasteiger partial charge on any atom is 0.332 e. The second kappa shape index (κ2) is 11.8. The summed E-state index contributed by atoms with van der Waals surface area (Å²) < 4.78 is 21.9. The van der Waals surface area contributed by atoms with Crippen molar-refractivity contribution in [1.82, 2.24) is 0 Å². The van der Waals surface area contributed by atoms with Gasteiger partial charge in [0.2, 0.25) is 0 Å². The molecule has 0 radical (unpaired) electrons. The number of allylic oxidation sites excluding steroid dienone is 5. The number of hydrogen-bond donors (Lipinski definition) is 1. The van der Waals surface area contributed by atoms with Gasteiger partial charge in [-0.2, -0.15) is 0 Å². The summed E-state index contributed by atoms with van der Waals surface area (Å²) in [6.07, 6.45) is 10.9. The monoisotopic (exact) mass is 343 g/mol. The summed E-state index contributed by atoms with van der Waals surface area (Å²) in [7, 11) is -0.272. The molecule has 2 N–H and O–H groups in total. The Kier molecular flexibility index (Phi) is 11.5. The van der Waals surface area contributed by atoms with Crippen LogP contribution in [-0.2, 0) is 13.6 Å². The average molecular weight is 343 g/mol. The van der Waals surface area contributed by atoms with Crippen LogP contribution in [0.2, 0.25) is 0 Å². The largest absolute Gasteiger partial charge is 0.332 e. The highest BCUT2D eigenvalue weighted by molar-refractivity contribution is 7.53. The molecule has 0 aliphatic heterocycles. The van der Waals surface area contributed by atoms with E-state index in [0.29, 0.717) is 0 Å². The second-order valence-corrected chi connectivity index (χ2v) is 8.56. The molecule has 0 aliphatic carbocycles. The molecule has 0 rings (SSSR count). The summed E-state index contributed by atoms with van der Waals surface area (Å²) >= 11 is 0. The Morgan fingerprint density at radius 3 is 2.04 bits per heavy atom. The lowest BCUT2D eigenvalue weighted by molar-refractivity contribution is 0.275. The van der Waals surface area contributed by atoms with Gasteiger partial charge in [0.1, 0.15) is 0 Å². The van der Waals surface area contributed by atoms with Crippen molar-refractivity contribution in [3.63, 3.8) is 0 Å². The van der Waals surface area contributed by atoms with Crippen molar-refractivity contribution in [2.45, 2.75) is 59.4 Å². The average Bonchev–Trinajstić information content (AvgIpc) is 2.46. The highest BCUT2D eigenvalue weighted by Gasteiger charge is 2.23. The van der Waals surface area contributed by atoms with Crippen LogP contribution in [0.3, 0.4) is 0 Å². The molecular formula is C18H34NO3P. The fourth-order valence-electron chi connectivity index (χ4n) is 2.22. The predicted octanol–water partition coefficient (Wildman–Crippen LogP) is 5.22. The van der Waals surface area contributed by atoms with Crippen molar-refractivity contribution >= 4 is 7.60 Å². The zero-order valence-electron chi connectivity index (χ0n) is 15.6. The molecule has 0 aromatic rings. The zero-order valence-corrected chi connectivity index (χ0v) is 16.5. The van der Waals surface area contributed by atoms with E-state index in [4.69, 9.17) is 14.8 Å². The third-order valence-corrected chi connectivity index (χ3v) is 5.59. The van der Waals surface area contributed by atoms with Crippen molar-refractivity contribution in [1.29, 1.82) is 0 Å². The van der Waals surface area contributed by atoms with Crippen molar-refractivity contribution < 1.29 is 13.6 Å². The molecule has 134 valence electrons. The second-order valence-electron chi connectivity index (χ2n) is 6.24. The zero-order chi connectivity index (χ0) is 17.9. The van der Waals surface area contributed by atoms with Crippen molar-refractivity contribution in [3.8, 4) is 0 Å². The molecule has 1 unspecified atom stereocenters. The molecule has 0 aromatic carbocycles. The van der Waals surface area contributed by atoms with E-state index in [1.807, 2.05) is 6.08 Å². The first-order chi connectivity index (χ1) is 10.7. The molecule has 0 saturated heterocycles. The van der Waals surface area contributed by atoms with Gasteiger partial charge in [-0.1, -0.05) is 34.9 Å². The number of rotatable bonds is 11. The molecule has 4 nitrogen and oxygen atoms in total. The quantitative estimate of drug-likeness (QED) is 0.413. The van der Waals surface area contributed by atoms with Crippen LogP contribution in [0.5, 0.6) is 0 Å². The molecule has 5 heteroatoms. The van der Waals surface area contributed by atoms with E-state index in [9.17, 15) is 4.57 Å². The van der Waals surface area contributed by atoms with Crippen molar-refractivity contribution in [2.75, 3.05) is 20.4 Å². The fraction of sp³-hybridized carbons (Fsp3) is 0.667. The first-order valence-corrected chi connectivity index (χ1v) is 9.87. The molecule has 0 fully saturated rings. The van der Waals surface area contributed by atoms with Gasteiger partial charge in [-0.05, 0) is 53.4 Å². The van der Waals surface area contributed by atoms with E-state index in [-0.39, 0.29) is 12.2 Å². The summed E-state index contributed by atoms with van der Waals surface area (Å²) in [6, 6.07) is -0.316. The highest BCUT2D eigenvalue weighted by Crippen LogP contribution is 2.46. The van der Waals surface area contributed by atoms with E-state index >= 15 is 0 Å². The first-order valence-electron chi connectivity index (χ1n) is 8.14. The van der Waals surface area contributed by atoms with Crippen LogP contribution >= 0.6 is 7.60 Å². The maximum atomic E-state index is 12.0. The Morgan fingerprint density at radius 1 is 1.00 bits per heavy atom. The van der Waals surface area contributed by atoms with Gasteiger partial charge in [0.15, 0.2) is 0 Å². The number of hydrogen-bond acceptors (Lipinski definition) is 4. The Bertz CT molecular complexity index is 469. The minimum atomic E-state index is -3.04. The van der Waals surface area contributed by atoms with Crippen molar-refractivity contribution in [2.24, 2.45) is 5.73 Å². The molecule has 0 aromatic heterocycles. The lowest BCUT2D eigenvalue weighted by atomic mass is 10.1. The molecule has 1 atom stereocenters. The van der Waals surface area contributed by atoms with E-state index in [2.05, 4.69) is 39.8 Å². The molecule has 0 heterocycles. The van der Waals surface area contributed by atoms with E-state index in [1.165, 1.54) is 30.9 Å². The van der Waals surface area contributed by atoms with Gasteiger partial charge in [0.05, 0.1) is 6.16 Å². The normalized spacial score (nSPS) is 14.7. The van der Waals surface area contributed by atoms with Crippen LogP contribution in [0.1, 0.15) is 53.4 Å². The molecule has 0 spiro atoms. The Labute approximate surface area is 142 Å². The van der Waals surface area contributed by atoms with Gasteiger partial charge in [-0.15, -0.1) is 0 Å². The minimum absolute atomic E-state index is 0.203. The Hall–Kier alpha value is -0.670. The lowest BCUT2D eigenvalue weighted by Gasteiger charge is -2.16. The van der Waals surface area contributed by atoms with Crippen LogP contribution in [0.4, 0.5) is 0 Å². The molecule has 0 aliphatic rings. The molecule has 0 saturated carbocycles. The topological polar surface area (TPSA) is 61.5 Å². The summed E-state index contributed by atoms with van der Waals surface area (Å²) in [5, 5.41) is 0. The SMILES string of the molecule is COP(=O)(CC(N)/C=C(\C)CC/C=C(\C)CCC=C(C)C)OC. The van der Waals surface area contributed by atoms with Crippen LogP contribution in [0, 0.1) is 0 Å².